The van der Waals surface area contributed by atoms with E-state index in [0.29, 0.717) is 18.7 Å². The molecule has 2 rings (SSSR count). The molecule has 5 heteroatoms. The van der Waals surface area contributed by atoms with Gasteiger partial charge >= 0.3 is 0 Å². The number of hydrogen-bond acceptors (Lipinski definition) is 3. The summed E-state index contributed by atoms with van der Waals surface area (Å²) < 4.78 is 5.65. The summed E-state index contributed by atoms with van der Waals surface area (Å²) in [6, 6.07) is 15.0. The highest BCUT2D eigenvalue weighted by Crippen LogP contribution is 2.15. The number of nitrogens with one attached hydrogen (secondary N) is 1. The van der Waals surface area contributed by atoms with E-state index in [0.717, 1.165) is 16.7 Å². The van der Waals surface area contributed by atoms with Gasteiger partial charge in [-0.3, -0.25) is 9.59 Å². The van der Waals surface area contributed by atoms with Gasteiger partial charge in [0, 0.05) is 13.6 Å². The first kappa shape index (κ1) is 20.5. The molecule has 27 heavy (non-hydrogen) atoms. The van der Waals surface area contributed by atoms with Crippen molar-refractivity contribution in [2.24, 2.45) is 0 Å². The van der Waals surface area contributed by atoms with Crippen molar-refractivity contribution in [2.45, 2.75) is 39.8 Å². The molecule has 0 heterocycles. The average Bonchev–Trinajstić information content (AvgIpc) is 2.67. The Bertz CT molecular complexity index is 771. The Morgan fingerprint density at radius 1 is 1.07 bits per heavy atom. The Morgan fingerprint density at radius 2 is 1.78 bits per heavy atom. The smallest absolute Gasteiger partial charge is 0.261 e. The second-order valence-electron chi connectivity index (χ2n) is 6.65. The zero-order valence-electron chi connectivity index (χ0n) is 16.5. The Kier molecular flexibility index (Phi) is 7.41. The number of aryl methyl sites for hydroxylation is 2. The lowest BCUT2D eigenvalue weighted by molar-refractivity contribution is -0.142. The maximum atomic E-state index is 12.9. The molecule has 5 nitrogen and oxygen atoms in total. The van der Waals surface area contributed by atoms with Gasteiger partial charge in [0.05, 0.1) is 0 Å². The molecule has 0 aromatic heterocycles. The monoisotopic (exact) mass is 368 g/mol. The van der Waals surface area contributed by atoms with Gasteiger partial charge in [-0.2, -0.15) is 0 Å². The summed E-state index contributed by atoms with van der Waals surface area (Å²) in [6.07, 6.45) is 0.530. The molecule has 0 aliphatic carbocycles. The number of nitrogens with zero attached hydrogens (tertiary/aromatic N) is 1. The number of carbonyl (C=O) groups is 2. The molecule has 0 aliphatic heterocycles. The van der Waals surface area contributed by atoms with Crippen LogP contribution in [0.1, 0.15) is 30.0 Å². The summed E-state index contributed by atoms with van der Waals surface area (Å²) >= 11 is 0. The second kappa shape index (κ2) is 9.76. The predicted octanol–water partition coefficient (Wildman–Crippen LogP) is 3.24. The number of hydrogen-bond donors (Lipinski definition) is 1. The fraction of sp³-hybridized carbons (Fsp3) is 0.364. The van der Waals surface area contributed by atoms with Crippen LogP contribution >= 0.6 is 0 Å². The Hall–Kier alpha value is -2.82. The standard InChI is InChI=1S/C22H28N2O3/c1-5-20(22(26)23-4)24(14-18-8-6-7-17(3)13-18)21(25)15-27-19-11-9-16(2)10-12-19/h6-13,20H,5,14-15H2,1-4H3,(H,23,26). The number of carbonyl (C=O) groups excluding carboxylic acids is 2. The van der Waals surface area contributed by atoms with E-state index < -0.39 is 6.04 Å². The highest BCUT2D eigenvalue weighted by Gasteiger charge is 2.28. The lowest BCUT2D eigenvalue weighted by Gasteiger charge is -2.30. The van der Waals surface area contributed by atoms with Gasteiger partial charge in [0.15, 0.2) is 6.61 Å². The van der Waals surface area contributed by atoms with Crippen LogP contribution < -0.4 is 10.1 Å². The SMILES string of the molecule is CCC(C(=O)NC)N(Cc1cccc(C)c1)C(=O)COc1ccc(C)cc1. The summed E-state index contributed by atoms with van der Waals surface area (Å²) in [4.78, 5) is 26.8. The van der Waals surface area contributed by atoms with Crippen molar-refractivity contribution in [3.63, 3.8) is 0 Å². The quantitative estimate of drug-likeness (QED) is 0.778. The number of likely N-dealkylation sites (N-methyl/N-ethyl adjacent to an activating group) is 1. The molecular weight excluding hydrogens is 340 g/mol. The molecule has 0 saturated carbocycles. The first-order valence-electron chi connectivity index (χ1n) is 9.20. The van der Waals surface area contributed by atoms with Gasteiger partial charge in [0.1, 0.15) is 11.8 Å². The number of rotatable bonds is 8. The van der Waals surface area contributed by atoms with E-state index in [1.54, 1.807) is 11.9 Å². The highest BCUT2D eigenvalue weighted by atomic mass is 16.5. The maximum Gasteiger partial charge on any atom is 0.261 e. The molecule has 1 atom stereocenters. The van der Waals surface area contributed by atoms with E-state index >= 15 is 0 Å². The molecule has 1 unspecified atom stereocenters. The minimum Gasteiger partial charge on any atom is -0.484 e. The third kappa shape index (κ3) is 5.84. The lowest BCUT2D eigenvalue weighted by atomic mass is 10.1. The summed E-state index contributed by atoms with van der Waals surface area (Å²) in [6.45, 7) is 6.16. The van der Waals surface area contributed by atoms with E-state index in [1.807, 2.05) is 69.3 Å². The third-order valence-electron chi connectivity index (χ3n) is 4.45. The van der Waals surface area contributed by atoms with Crippen molar-refractivity contribution < 1.29 is 14.3 Å². The molecule has 0 spiro atoms. The molecule has 0 fully saturated rings. The van der Waals surface area contributed by atoms with E-state index in [9.17, 15) is 9.59 Å². The van der Waals surface area contributed by atoms with Gasteiger partial charge < -0.3 is 15.0 Å². The topological polar surface area (TPSA) is 58.6 Å². The molecule has 144 valence electrons. The number of benzene rings is 2. The van der Waals surface area contributed by atoms with Crippen molar-refractivity contribution in [3.8, 4) is 5.75 Å². The fourth-order valence-corrected chi connectivity index (χ4v) is 2.96. The van der Waals surface area contributed by atoms with Crippen LogP contribution in [0.2, 0.25) is 0 Å². The van der Waals surface area contributed by atoms with Gasteiger partial charge in [-0.25, -0.2) is 0 Å². The van der Waals surface area contributed by atoms with Crippen LogP contribution in [0.4, 0.5) is 0 Å². The Balaban J connectivity index is 2.17. The largest absolute Gasteiger partial charge is 0.484 e. The zero-order chi connectivity index (χ0) is 19.8. The van der Waals surface area contributed by atoms with Crippen LogP contribution in [0.15, 0.2) is 48.5 Å². The second-order valence-corrected chi connectivity index (χ2v) is 6.65. The van der Waals surface area contributed by atoms with Gasteiger partial charge in [-0.05, 0) is 38.0 Å². The van der Waals surface area contributed by atoms with Crippen LogP contribution in [0, 0.1) is 13.8 Å². The van der Waals surface area contributed by atoms with Gasteiger partial charge in [0.2, 0.25) is 5.91 Å². The molecule has 2 aromatic rings. The Morgan fingerprint density at radius 3 is 2.37 bits per heavy atom. The fourth-order valence-electron chi connectivity index (χ4n) is 2.96. The molecule has 0 saturated heterocycles. The predicted molar refractivity (Wildman–Crippen MR) is 107 cm³/mol. The van der Waals surface area contributed by atoms with Crippen molar-refractivity contribution in [1.29, 1.82) is 0 Å². The normalized spacial score (nSPS) is 11.6. The van der Waals surface area contributed by atoms with Crippen molar-refractivity contribution in [2.75, 3.05) is 13.7 Å². The first-order chi connectivity index (χ1) is 12.9. The molecule has 2 aromatic carbocycles. The molecule has 0 bridgehead atoms. The Labute approximate surface area is 161 Å². The zero-order valence-corrected chi connectivity index (χ0v) is 16.5. The maximum absolute atomic E-state index is 12.9. The summed E-state index contributed by atoms with van der Waals surface area (Å²) in [5, 5.41) is 2.65. The summed E-state index contributed by atoms with van der Waals surface area (Å²) in [5.74, 6) is 0.249. The van der Waals surface area contributed by atoms with Gasteiger partial charge in [-0.15, -0.1) is 0 Å². The van der Waals surface area contributed by atoms with Crippen LogP contribution in [0.3, 0.4) is 0 Å². The van der Waals surface area contributed by atoms with E-state index in [-0.39, 0.29) is 18.4 Å². The summed E-state index contributed by atoms with van der Waals surface area (Å²) in [7, 11) is 1.59. The van der Waals surface area contributed by atoms with Crippen LogP contribution in [0.25, 0.3) is 0 Å². The van der Waals surface area contributed by atoms with Crippen LogP contribution in [-0.4, -0.2) is 36.4 Å². The number of amides is 2. The summed E-state index contributed by atoms with van der Waals surface area (Å²) in [5.41, 5.74) is 3.23. The third-order valence-corrected chi connectivity index (χ3v) is 4.45. The van der Waals surface area contributed by atoms with Crippen molar-refractivity contribution in [3.05, 3.63) is 65.2 Å². The highest BCUT2D eigenvalue weighted by molar-refractivity contribution is 5.88. The van der Waals surface area contributed by atoms with Crippen LogP contribution in [0.5, 0.6) is 5.75 Å². The molecular formula is C22H28N2O3. The van der Waals surface area contributed by atoms with E-state index in [1.165, 1.54) is 0 Å². The molecule has 2 amide bonds. The van der Waals surface area contributed by atoms with Crippen molar-refractivity contribution >= 4 is 11.8 Å². The first-order valence-corrected chi connectivity index (χ1v) is 9.20. The lowest BCUT2D eigenvalue weighted by Crippen LogP contribution is -2.49. The van der Waals surface area contributed by atoms with E-state index in [4.69, 9.17) is 4.74 Å². The molecule has 1 N–H and O–H groups in total. The minimum absolute atomic E-state index is 0.109. The van der Waals surface area contributed by atoms with Gasteiger partial charge in [0.25, 0.3) is 5.91 Å². The molecule has 0 aliphatic rings. The van der Waals surface area contributed by atoms with Gasteiger partial charge in [-0.1, -0.05) is 54.4 Å². The van der Waals surface area contributed by atoms with E-state index in [2.05, 4.69) is 5.32 Å². The molecule has 0 radical (unpaired) electrons. The number of ether oxygens (including phenoxy) is 1. The average molecular weight is 368 g/mol. The minimum atomic E-state index is -0.537. The van der Waals surface area contributed by atoms with Crippen LogP contribution in [-0.2, 0) is 16.1 Å². The van der Waals surface area contributed by atoms with Crippen molar-refractivity contribution in [1.82, 2.24) is 10.2 Å².